The summed E-state index contributed by atoms with van der Waals surface area (Å²) in [5.41, 5.74) is 0.673. The van der Waals surface area contributed by atoms with E-state index >= 15 is 0 Å². The summed E-state index contributed by atoms with van der Waals surface area (Å²) in [6.45, 7) is 2.49. The summed E-state index contributed by atoms with van der Waals surface area (Å²) >= 11 is 4.95. The highest BCUT2D eigenvalue weighted by molar-refractivity contribution is 9.10. The lowest BCUT2D eigenvalue weighted by Gasteiger charge is -2.30. The van der Waals surface area contributed by atoms with E-state index < -0.39 is 6.04 Å². The number of anilines is 1. The second kappa shape index (κ2) is 11.1. The van der Waals surface area contributed by atoms with Gasteiger partial charge in [-0.25, -0.2) is 4.98 Å². The van der Waals surface area contributed by atoms with E-state index in [0.29, 0.717) is 42.9 Å². The average Bonchev–Trinajstić information content (AvgIpc) is 3.23. The fraction of sp³-hybridized carbons (Fsp3) is 0.577. The van der Waals surface area contributed by atoms with Gasteiger partial charge < -0.3 is 25.0 Å². The fourth-order valence-electron chi connectivity index (χ4n) is 5.19. The van der Waals surface area contributed by atoms with Crippen LogP contribution in [-0.4, -0.2) is 55.2 Å². The number of nitrogens with one attached hydrogen (secondary N) is 2. The van der Waals surface area contributed by atoms with E-state index in [2.05, 4.69) is 36.4 Å². The Morgan fingerprint density at radius 1 is 1.33 bits per heavy atom. The zero-order chi connectivity index (χ0) is 25.1. The first-order chi connectivity index (χ1) is 17.4. The van der Waals surface area contributed by atoms with E-state index in [-0.39, 0.29) is 17.4 Å². The standard InChI is InChI=1S/C26H33BrN4O4S/c1-34-16-26(8-9-26)30-23(32)20(12-17-4-2-3-5-17)29-24(33)22-7-6-19(36-22)15-31-10-11-35-25-21(31)13-18(27)14-28-25/h6-7,13-14,17,20H,2-5,8-12,15-16H2,1H3,(H,29,33)(H,30,32)/t20-/m0/s1. The number of pyridine rings is 1. The Kier molecular flexibility index (Phi) is 7.83. The molecule has 5 rings (SSSR count). The summed E-state index contributed by atoms with van der Waals surface area (Å²) in [6.07, 6.45) is 8.90. The summed E-state index contributed by atoms with van der Waals surface area (Å²) in [5, 5.41) is 6.23. The molecule has 194 valence electrons. The molecule has 3 aliphatic rings. The molecule has 36 heavy (non-hydrogen) atoms. The molecule has 2 N–H and O–H groups in total. The molecule has 2 fully saturated rings. The van der Waals surface area contributed by atoms with E-state index in [0.717, 1.165) is 47.3 Å². The van der Waals surface area contributed by atoms with Gasteiger partial charge in [0.05, 0.1) is 30.1 Å². The van der Waals surface area contributed by atoms with Crippen LogP contribution in [0.25, 0.3) is 0 Å². The molecule has 8 nitrogen and oxygen atoms in total. The monoisotopic (exact) mass is 576 g/mol. The lowest BCUT2D eigenvalue weighted by molar-refractivity contribution is -0.124. The molecule has 10 heteroatoms. The number of hydrogen-bond donors (Lipinski definition) is 2. The molecular weight excluding hydrogens is 544 g/mol. The molecule has 3 heterocycles. The molecule has 0 unspecified atom stereocenters. The van der Waals surface area contributed by atoms with Gasteiger partial charge in [0, 0.05) is 22.7 Å². The van der Waals surface area contributed by atoms with Crippen LogP contribution in [0.1, 0.15) is 59.5 Å². The Labute approximate surface area is 224 Å². The molecule has 1 aliphatic heterocycles. The summed E-state index contributed by atoms with van der Waals surface area (Å²) in [5.74, 6) is 0.825. The highest BCUT2D eigenvalue weighted by Gasteiger charge is 2.45. The van der Waals surface area contributed by atoms with Crippen molar-refractivity contribution in [3.05, 3.63) is 38.6 Å². The molecule has 2 aromatic rings. The fourth-order valence-corrected chi connectivity index (χ4v) is 6.43. The maximum Gasteiger partial charge on any atom is 0.262 e. The van der Waals surface area contributed by atoms with Crippen molar-refractivity contribution in [2.75, 3.05) is 31.8 Å². The van der Waals surface area contributed by atoms with Gasteiger partial charge in [-0.2, -0.15) is 0 Å². The van der Waals surface area contributed by atoms with Crippen LogP contribution in [0, 0.1) is 5.92 Å². The summed E-state index contributed by atoms with van der Waals surface area (Å²) in [7, 11) is 1.66. The number of thiophene rings is 1. The summed E-state index contributed by atoms with van der Waals surface area (Å²) in [6, 6.07) is 5.32. The second-order valence-electron chi connectivity index (χ2n) is 10.1. The second-order valence-corrected chi connectivity index (χ2v) is 12.2. The largest absolute Gasteiger partial charge is 0.474 e. The first-order valence-electron chi connectivity index (χ1n) is 12.7. The third-order valence-corrected chi connectivity index (χ3v) is 8.80. The average molecular weight is 578 g/mol. The molecule has 0 bridgehead atoms. The predicted molar refractivity (Wildman–Crippen MR) is 143 cm³/mol. The van der Waals surface area contributed by atoms with E-state index in [1.165, 1.54) is 24.2 Å². The van der Waals surface area contributed by atoms with Gasteiger partial charge in [0.25, 0.3) is 5.91 Å². The van der Waals surface area contributed by atoms with Gasteiger partial charge in [0.15, 0.2) is 0 Å². The number of amides is 2. The van der Waals surface area contributed by atoms with Crippen molar-refractivity contribution in [3.8, 4) is 5.88 Å². The van der Waals surface area contributed by atoms with Crippen LogP contribution in [0.5, 0.6) is 5.88 Å². The topological polar surface area (TPSA) is 92.8 Å². The zero-order valence-electron chi connectivity index (χ0n) is 20.6. The molecular formula is C26H33BrN4O4S. The van der Waals surface area contributed by atoms with Gasteiger partial charge in [-0.3, -0.25) is 9.59 Å². The molecule has 2 saturated carbocycles. The van der Waals surface area contributed by atoms with Crippen molar-refractivity contribution < 1.29 is 19.1 Å². The number of rotatable bonds is 10. The molecule has 0 aromatic carbocycles. The van der Waals surface area contributed by atoms with E-state index in [9.17, 15) is 9.59 Å². The number of nitrogens with zero attached hydrogens (tertiary/aromatic N) is 2. The molecule has 2 aromatic heterocycles. The first kappa shape index (κ1) is 25.5. The van der Waals surface area contributed by atoms with Gasteiger partial charge in [0.1, 0.15) is 18.3 Å². The Hall–Kier alpha value is -2.17. The van der Waals surface area contributed by atoms with Crippen molar-refractivity contribution in [3.63, 3.8) is 0 Å². The van der Waals surface area contributed by atoms with Crippen molar-refractivity contribution >= 4 is 44.8 Å². The minimum absolute atomic E-state index is 0.0930. The minimum atomic E-state index is -0.532. The Morgan fingerprint density at radius 2 is 2.14 bits per heavy atom. The quantitative estimate of drug-likeness (QED) is 0.438. The van der Waals surface area contributed by atoms with Gasteiger partial charge in [-0.05, 0) is 59.3 Å². The normalized spacial score (nSPS) is 19.3. The number of carbonyl (C=O) groups is 2. The Morgan fingerprint density at radius 3 is 2.89 bits per heavy atom. The van der Waals surface area contributed by atoms with Gasteiger partial charge in [-0.1, -0.05) is 25.7 Å². The number of fused-ring (bicyclic) bond motifs is 1. The zero-order valence-corrected chi connectivity index (χ0v) is 23.0. The van der Waals surface area contributed by atoms with E-state index in [4.69, 9.17) is 9.47 Å². The van der Waals surface area contributed by atoms with Crippen LogP contribution >= 0.6 is 27.3 Å². The molecule has 0 spiro atoms. The number of methoxy groups -OCH3 is 1. The molecule has 1 atom stereocenters. The number of carbonyl (C=O) groups excluding carboxylic acids is 2. The van der Waals surface area contributed by atoms with Crippen LogP contribution in [0.3, 0.4) is 0 Å². The van der Waals surface area contributed by atoms with Crippen LogP contribution < -0.4 is 20.3 Å². The highest BCUT2D eigenvalue weighted by Crippen LogP contribution is 2.36. The van der Waals surface area contributed by atoms with Gasteiger partial charge in [-0.15, -0.1) is 11.3 Å². The molecule has 2 aliphatic carbocycles. The number of ether oxygens (including phenoxy) is 2. The molecule has 0 radical (unpaired) electrons. The Balaban J connectivity index is 1.25. The van der Waals surface area contributed by atoms with Crippen LogP contribution in [0.15, 0.2) is 28.9 Å². The maximum atomic E-state index is 13.2. The lowest BCUT2D eigenvalue weighted by Crippen LogP contribution is -2.52. The summed E-state index contributed by atoms with van der Waals surface area (Å²) < 4.78 is 11.9. The third kappa shape index (κ3) is 6.03. The molecule has 2 amide bonds. The number of halogens is 1. The van der Waals surface area contributed by atoms with E-state index in [1.807, 2.05) is 18.2 Å². The van der Waals surface area contributed by atoms with Crippen LogP contribution in [0.2, 0.25) is 0 Å². The van der Waals surface area contributed by atoms with Crippen molar-refractivity contribution in [1.82, 2.24) is 15.6 Å². The van der Waals surface area contributed by atoms with E-state index in [1.54, 1.807) is 13.3 Å². The smallest absolute Gasteiger partial charge is 0.262 e. The van der Waals surface area contributed by atoms with Gasteiger partial charge in [0.2, 0.25) is 11.8 Å². The minimum Gasteiger partial charge on any atom is -0.474 e. The van der Waals surface area contributed by atoms with Crippen LogP contribution in [0.4, 0.5) is 5.69 Å². The lowest BCUT2D eigenvalue weighted by atomic mass is 9.97. The van der Waals surface area contributed by atoms with Gasteiger partial charge >= 0.3 is 0 Å². The predicted octanol–water partition coefficient (Wildman–Crippen LogP) is 4.28. The third-order valence-electron chi connectivity index (χ3n) is 7.30. The molecule has 0 saturated heterocycles. The van der Waals surface area contributed by atoms with Crippen molar-refractivity contribution in [2.45, 2.75) is 63.1 Å². The summed E-state index contributed by atoms with van der Waals surface area (Å²) in [4.78, 5) is 34.7. The first-order valence-corrected chi connectivity index (χ1v) is 14.3. The number of aromatic nitrogens is 1. The SMILES string of the molecule is COCC1(NC(=O)[C@H](CC2CCCC2)NC(=O)c2ccc(CN3CCOc4ncc(Br)cc43)s2)CC1. The Bertz CT molecular complexity index is 1100. The number of hydrogen-bond acceptors (Lipinski definition) is 7. The van der Waals surface area contributed by atoms with Crippen LogP contribution in [-0.2, 0) is 16.1 Å². The van der Waals surface area contributed by atoms with Crippen molar-refractivity contribution in [1.29, 1.82) is 0 Å². The maximum absolute atomic E-state index is 13.2. The van der Waals surface area contributed by atoms with Crippen molar-refractivity contribution in [2.24, 2.45) is 5.92 Å². The highest BCUT2D eigenvalue weighted by atomic mass is 79.9.